The van der Waals surface area contributed by atoms with Gasteiger partial charge in [-0.25, -0.2) is 8.42 Å². The Balaban J connectivity index is 2.23. The number of hydrogen-bond donors (Lipinski definition) is 1. The highest BCUT2D eigenvalue weighted by molar-refractivity contribution is 7.92. The summed E-state index contributed by atoms with van der Waals surface area (Å²) >= 11 is 12.1. The summed E-state index contributed by atoms with van der Waals surface area (Å²) in [6.45, 7) is 3.55. The van der Waals surface area contributed by atoms with Gasteiger partial charge in [0.1, 0.15) is 6.54 Å². The summed E-state index contributed by atoms with van der Waals surface area (Å²) in [5, 5.41) is 3.19. The topological polar surface area (TPSA) is 66.5 Å². The lowest BCUT2D eigenvalue weighted by Crippen LogP contribution is -2.41. The SMILES string of the molecule is CC[C@H](NC(=O)CN(c1cccc(Cl)c1Cl)S(C)(=O)=O)c1ccc(C)cc1. The molecule has 0 saturated carbocycles. The zero-order valence-corrected chi connectivity index (χ0v) is 17.7. The Morgan fingerprint density at radius 2 is 1.78 bits per heavy atom. The zero-order chi connectivity index (χ0) is 20.2. The third-order valence-electron chi connectivity index (χ3n) is 4.11. The van der Waals surface area contributed by atoms with Gasteiger partial charge in [0.05, 0.1) is 28.0 Å². The number of carbonyl (C=O) groups is 1. The Labute approximate surface area is 170 Å². The minimum absolute atomic E-state index is 0.0861. The third-order valence-corrected chi connectivity index (χ3v) is 6.05. The van der Waals surface area contributed by atoms with Crippen LogP contribution in [0.25, 0.3) is 0 Å². The molecule has 0 heterocycles. The van der Waals surface area contributed by atoms with Crippen molar-refractivity contribution < 1.29 is 13.2 Å². The van der Waals surface area contributed by atoms with E-state index in [0.717, 1.165) is 21.7 Å². The fourth-order valence-electron chi connectivity index (χ4n) is 2.66. The summed E-state index contributed by atoms with van der Waals surface area (Å²) in [4.78, 5) is 12.6. The van der Waals surface area contributed by atoms with E-state index in [1.165, 1.54) is 6.07 Å². The van der Waals surface area contributed by atoms with Crippen LogP contribution in [0.2, 0.25) is 10.0 Å². The Kier molecular flexibility index (Phi) is 7.14. The van der Waals surface area contributed by atoms with Crippen molar-refractivity contribution in [3.8, 4) is 0 Å². The highest BCUT2D eigenvalue weighted by Gasteiger charge is 2.25. The molecule has 2 aromatic carbocycles. The van der Waals surface area contributed by atoms with E-state index in [9.17, 15) is 13.2 Å². The number of carbonyl (C=O) groups excluding carboxylic acids is 1. The number of benzene rings is 2. The summed E-state index contributed by atoms with van der Waals surface area (Å²) in [6, 6.07) is 12.3. The minimum atomic E-state index is -3.74. The normalized spacial score (nSPS) is 12.5. The van der Waals surface area contributed by atoms with Gasteiger partial charge in [-0.15, -0.1) is 0 Å². The molecule has 0 bridgehead atoms. The van der Waals surface area contributed by atoms with Gasteiger partial charge in [0.15, 0.2) is 0 Å². The average Bonchev–Trinajstić information content (AvgIpc) is 2.60. The Bertz CT molecular complexity index is 915. The zero-order valence-electron chi connectivity index (χ0n) is 15.4. The standard InChI is InChI=1S/C19H22Cl2N2O3S/c1-4-16(14-10-8-13(2)9-11-14)22-18(24)12-23(27(3,25)26)17-7-5-6-15(20)19(17)21/h5-11,16H,4,12H2,1-3H3,(H,22,24)/t16-/m0/s1. The highest BCUT2D eigenvalue weighted by atomic mass is 35.5. The Morgan fingerprint density at radius 1 is 1.15 bits per heavy atom. The van der Waals surface area contributed by atoms with Crippen molar-refractivity contribution in [2.75, 3.05) is 17.1 Å². The van der Waals surface area contributed by atoms with Gasteiger partial charge in [0.25, 0.3) is 0 Å². The number of nitrogens with one attached hydrogen (secondary N) is 1. The number of halogens is 2. The molecule has 1 N–H and O–H groups in total. The maximum absolute atomic E-state index is 12.6. The van der Waals surface area contributed by atoms with E-state index in [1.54, 1.807) is 12.1 Å². The molecule has 2 rings (SSSR count). The molecule has 0 aliphatic heterocycles. The first-order valence-corrected chi connectivity index (χ1v) is 11.0. The van der Waals surface area contributed by atoms with E-state index in [-0.39, 0.29) is 28.3 Å². The number of aryl methyl sites for hydroxylation is 1. The second kappa shape index (κ2) is 8.95. The number of amides is 1. The monoisotopic (exact) mass is 428 g/mol. The molecule has 5 nitrogen and oxygen atoms in total. The van der Waals surface area contributed by atoms with E-state index >= 15 is 0 Å². The molecular formula is C19H22Cl2N2O3S. The Morgan fingerprint density at radius 3 is 2.33 bits per heavy atom. The summed E-state index contributed by atoms with van der Waals surface area (Å²) in [7, 11) is -3.74. The first-order chi connectivity index (χ1) is 12.6. The van der Waals surface area contributed by atoms with Crippen molar-refractivity contribution in [3.63, 3.8) is 0 Å². The highest BCUT2D eigenvalue weighted by Crippen LogP contribution is 2.33. The minimum Gasteiger partial charge on any atom is -0.348 e. The Hall–Kier alpha value is -1.76. The maximum atomic E-state index is 12.6. The summed E-state index contributed by atoms with van der Waals surface area (Å²) in [5.74, 6) is -0.427. The summed E-state index contributed by atoms with van der Waals surface area (Å²) in [5.41, 5.74) is 2.26. The molecule has 0 saturated heterocycles. The van der Waals surface area contributed by atoms with Crippen LogP contribution in [0.5, 0.6) is 0 Å². The van der Waals surface area contributed by atoms with Crippen molar-refractivity contribution >= 4 is 44.8 Å². The van der Waals surface area contributed by atoms with E-state index in [1.807, 2.05) is 38.1 Å². The van der Waals surface area contributed by atoms with E-state index < -0.39 is 15.9 Å². The fraction of sp³-hybridized carbons (Fsp3) is 0.316. The predicted octanol–water partition coefficient (Wildman–Crippen LogP) is 4.34. The van der Waals surface area contributed by atoms with Crippen LogP contribution in [0.15, 0.2) is 42.5 Å². The second-order valence-corrected chi connectivity index (χ2v) is 8.97. The van der Waals surface area contributed by atoms with Crippen molar-refractivity contribution in [1.29, 1.82) is 0 Å². The molecule has 0 aromatic heterocycles. The van der Waals surface area contributed by atoms with Gasteiger partial charge in [0, 0.05) is 0 Å². The quantitative estimate of drug-likeness (QED) is 0.712. The maximum Gasteiger partial charge on any atom is 0.241 e. The molecule has 8 heteroatoms. The third kappa shape index (κ3) is 5.61. The van der Waals surface area contributed by atoms with Crippen LogP contribution < -0.4 is 9.62 Å². The molecule has 1 amide bonds. The van der Waals surface area contributed by atoms with Crippen LogP contribution >= 0.6 is 23.2 Å². The lowest BCUT2D eigenvalue weighted by atomic mass is 10.0. The van der Waals surface area contributed by atoms with Crippen LogP contribution in [0.3, 0.4) is 0 Å². The molecule has 1 atom stereocenters. The molecule has 0 aliphatic carbocycles. The fourth-order valence-corrected chi connectivity index (χ4v) is 3.97. The molecule has 0 fully saturated rings. The number of nitrogens with zero attached hydrogens (tertiary/aromatic N) is 1. The smallest absolute Gasteiger partial charge is 0.241 e. The largest absolute Gasteiger partial charge is 0.348 e. The van der Waals surface area contributed by atoms with E-state index in [2.05, 4.69) is 5.32 Å². The van der Waals surface area contributed by atoms with Crippen LogP contribution in [-0.2, 0) is 14.8 Å². The van der Waals surface area contributed by atoms with Gasteiger partial charge in [-0.2, -0.15) is 0 Å². The summed E-state index contributed by atoms with van der Waals surface area (Å²) in [6.07, 6.45) is 1.69. The molecule has 27 heavy (non-hydrogen) atoms. The molecule has 0 spiro atoms. The molecule has 0 unspecified atom stereocenters. The number of hydrogen-bond acceptors (Lipinski definition) is 3. The van der Waals surface area contributed by atoms with Crippen LogP contribution in [-0.4, -0.2) is 27.1 Å². The first kappa shape index (κ1) is 21.5. The van der Waals surface area contributed by atoms with Gasteiger partial charge in [-0.1, -0.05) is 66.0 Å². The second-order valence-electron chi connectivity index (χ2n) is 6.28. The number of anilines is 1. The number of sulfonamides is 1. The van der Waals surface area contributed by atoms with Crippen molar-refractivity contribution in [3.05, 3.63) is 63.6 Å². The van der Waals surface area contributed by atoms with Crippen molar-refractivity contribution in [2.45, 2.75) is 26.3 Å². The number of rotatable bonds is 7. The molecular weight excluding hydrogens is 407 g/mol. The van der Waals surface area contributed by atoms with Gasteiger partial charge < -0.3 is 5.32 Å². The average molecular weight is 429 g/mol. The predicted molar refractivity (Wildman–Crippen MR) is 111 cm³/mol. The van der Waals surface area contributed by atoms with Gasteiger partial charge in [-0.05, 0) is 31.0 Å². The van der Waals surface area contributed by atoms with E-state index in [0.29, 0.717) is 6.42 Å². The van der Waals surface area contributed by atoms with Crippen molar-refractivity contribution in [2.24, 2.45) is 0 Å². The lowest BCUT2D eigenvalue weighted by Gasteiger charge is -2.25. The van der Waals surface area contributed by atoms with Crippen LogP contribution in [0.1, 0.15) is 30.5 Å². The first-order valence-electron chi connectivity index (χ1n) is 8.41. The van der Waals surface area contributed by atoms with Crippen LogP contribution in [0, 0.1) is 6.92 Å². The van der Waals surface area contributed by atoms with Crippen LogP contribution in [0.4, 0.5) is 5.69 Å². The summed E-state index contributed by atoms with van der Waals surface area (Å²) < 4.78 is 25.4. The van der Waals surface area contributed by atoms with Gasteiger partial charge in [0.2, 0.25) is 15.9 Å². The molecule has 0 aliphatic rings. The van der Waals surface area contributed by atoms with Gasteiger partial charge in [-0.3, -0.25) is 9.10 Å². The van der Waals surface area contributed by atoms with E-state index in [4.69, 9.17) is 23.2 Å². The molecule has 0 radical (unpaired) electrons. The van der Waals surface area contributed by atoms with Gasteiger partial charge >= 0.3 is 0 Å². The molecule has 2 aromatic rings. The lowest BCUT2D eigenvalue weighted by molar-refractivity contribution is -0.120. The molecule has 146 valence electrons. The van der Waals surface area contributed by atoms with Crippen molar-refractivity contribution in [1.82, 2.24) is 5.32 Å².